The Morgan fingerprint density at radius 1 is 1.29 bits per heavy atom. The molecule has 0 aromatic heterocycles. The van der Waals surface area contributed by atoms with E-state index >= 15 is 0 Å². The van der Waals surface area contributed by atoms with Gasteiger partial charge in [0.15, 0.2) is 0 Å². The normalized spacial score (nSPS) is 14.4. The Morgan fingerprint density at radius 3 is 2.71 bits per heavy atom. The largest absolute Gasteiger partial charge is 0.0626 e. The van der Waals surface area contributed by atoms with Gasteiger partial charge in [-0.15, -0.1) is 0 Å². The minimum absolute atomic E-state index is 0.687. The van der Waals surface area contributed by atoms with Gasteiger partial charge in [-0.3, -0.25) is 0 Å². The molecule has 0 N–H and O–H groups in total. The van der Waals surface area contributed by atoms with Gasteiger partial charge in [-0.05, 0) is 35.4 Å². The van der Waals surface area contributed by atoms with Crippen LogP contribution in [0.15, 0.2) is 23.8 Å². The van der Waals surface area contributed by atoms with Crippen LogP contribution >= 0.6 is 0 Å². The van der Waals surface area contributed by atoms with Crippen LogP contribution in [-0.4, -0.2) is 0 Å². The SMILES string of the molecule is CCc1ccc2c(c1)CC(C(C)C)=C2. The maximum absolute atomic E-state index is 2.36. The van der Waals surface area contributed by atoms with E-state index in [-0.39, 0.29) is 0 Å². The lowest BCUT2D eigenvalue weighted by Crippen LogP contribution is -1.93. The topological polar surface area (TPSA) is 0 Å². The fourth-order valence-electron chi connectivity index (χ4n) is 2.01. The van der Waals surface area contributed by atoms with Crippen LogP contribution in [-0.2, 0) is 12.8 Å². The molecular weight excluding hydrogens is 168 g/mol. The van der Waals surface area contributed by atoms with Crippen molar-refractivity contribution < 1.29 is 0 Å². The summed E-state index contributed by atoms with van der Waals surface area (Å²) in [7, 11) is 0. The molecule has 0 saturated heterocycles. The second kappa shape index (κ2) is 3.61. The van der Waals surface area contributed by atoms with Gasteiger partial charge in [0, 0.05) is 0 Å². The molecule has 2 rings (SSSR count). The van der Waals surface area contributed by atoms with E-state index in [1.54, 1.807) is 5.57 Å². The first-order valence-electron chi connectivity index (χ1n) is 5.53. The molecular formula is C14H18. The molecule has 0 atom stereocenters. The smallest absolute Gasteiger partial charge is 0.00552 e. The summed E-state index contributed by atoms with van der Waals surface area (Å²) >= 11 is 0. The van der Waals surface area contributed by atoms with Crippen molar-refractivity contribution in [2.45, 2.75) is 33.6 Å². The van der Waals surface area contributed by atoms with Crippen molar-refractivity contribution in [3.63, 3.8) is 0 Å². The monoisotopic (exact) mass is 186 g/mol. The Morgan fingerprint density at radius 2 is 2.07 bits per heavy atom. The Labute approximate surface area is 86.7 Å². The minimum Gasteiger partial charge on any atom is -0.0626 e. The molecule has 0 spiro atoms. The summed E-state index contributed by atoms with van der Waals surface area (Å²) in [6.07, 6.45) is 4.67. The van der Waals surface area contributed by atoms with E-state index in [2.05, 4.69) is 45.0 Å². The molecule has 0 radical (unpaired) electrons. The molecule has 0 saturated carbocycles. The van der Waals surface area contributed by atoms with Crippen LogP contribution in [0.2, 0.25) is 0 Å². The Hall–Kier alpha value is -1.04. The third-order valence-electron chi connectivity index (χ3n) is 3.09. The van der Waals surface area contributed by atoms with Gasteiger partial charge in [0.2, 0.25) is 0 Å². The first-order valence-corrected chi connectivity index (χ1v) is 5.53. The van der Waals surface area contributed by atoms with E-state index in [1.165, 1.54) is 23.1 Å². The van der Waals surface area contributed by atoms with E-state index in [0.717, 1.165) is 6.42 Å². The van der Waals surface area contributed by atoms with E-state index < -0.39 is 0 Å². The molecule has 0 heterocycles. The molecule has 1 aliphatic carbocycles. The minimum atomic E-state index is 0.687. The fourth-order valence-corrected chi connectivity index (χ4v) is 2.01. The third kappa shape index (κ3) is 1.61. The molecule has 0 fully saturated rings. The zero-order valence-corrected chi connectivity index (χ0v) is 9.30. The van der Waals surface area contributed by atoms with Crippen LogP contribution in [0.3, 0.4) is 0 Å². The van der Waals surface area contributed by atoms with Crippen molar-refractivity contribution in [1.82, 2.24) is 0 Å². The average Bonchev–Trinajstić information content (AvgIpc) is 2.59. The van der Waals surface area contributed by atoms with Gasteiger partial charge in [-0.25, -0.2) is 0 Å². The summed E-state index contributed by atoms with van der Waals surface area (Å²) in [5.74, 6) is 0.687. The predicted octanol–water partition coefficient (Wildman–Crippen LogP) is 3.84. The molecule has 1 aromatic carbocycles. The number of aryl methyl sites for hydroxylation is 1. The number of rotatable bonds is 2. The van der Waals surface area contributed by atoms with Crippen molar-refractivity contribution in [1.29, 1.82) is 0 Å². The maximum atomic E-state index is 2.36. The summed E-state index contributed by atoms with van der Waals surface area (Å²) in [6, 6.07) is 6.88. The highest BCUT2D eigenvalue weighted by molar-refractivity contribution is 5.64. The number of hydrogen-bond acceptors (Lipinski definition) is 0. The Kier molecular flexibility index (Phi) is 2.45. The van der Waals surface area contributed by atoms with Gasteiger partial charge in [-0.2, -0.15) is 0 Å². The highest BCUT2D eigenvalue weighted by Crippen LogP contribution is 2.29. The van der Waals surface area contributed by atoms with E-state index in [0.29, 0.717) is 5.92 Å². The molecule has 0 aliphatic heterocycles. The number of allylic oxidation sites excluding steroid dienone is 1. The summed E-state index contributed by atoms with van der Waals surface area (Å²) in [4.78, 5) is 0. The van der Waals surface area contributed by atoms with Crippen LogP contribution in [0.4, 0.5) is 0 Å². The standard InChI is InChI=1S/C14H18/c1-4-11-5-6-12-8-13(10(2)3)9-14(12)7-11/h5-8,10H,4,9H2,1-3H3. The van der Waals surface area contributed by atoms with Gasteiger partial charge in [0.1, 0.15) is 0 Å². The number of fused-ring (bicyclic) bond motifs is 1. The van der Waals surface area contributed by atoms with Crippen molar-refractivity contribution in [3.8, 4) is 0 Å². The van der Waals surface area contributed by atoms with Crippen molar-refractivity contribution in [3.05, 3.63) is 40.5 Å². The highest BCUT2D eigenvalue weighted by Gasteiger charge is 2.14. The van der Waals surface area contributed by atoms with E-state index in [4.69, 9.17) is 0 Å². The van der Waals surface area contributed by atoms with Crippen molar-refractivity contribution in [2.24, 2.45) is 5.92 Å². The van der Waals surface area contributed by atoms with E-state index in [1.807, 2.05) is 0 Å². The second-order valence-corrected chi connectivity index (χ2v) is 4.44. The molecule has 0 amide bonds. The molecule has 1 aliphatic rings. The summed E-state index contributed by atoms with van der Waals surface area (Å²) in [5.41, 5.74) is 5.99. The van der Waals surface area contributed by atoms with E-state index in [9.17, 15) is 0 Å². The zero-order valence-electron chi connectivity index (χ0n) is 9.30. The summed E-state index contributed by atoms with van der Waals surface area (Å²) < 4.78 is 0. The Balaban J connectivity index is 2.31. The lowest BCUT2D eigenvalue weighted by atomic mass is 10.0. The van der Waals surface area contributed by atoms with Gasteiger partial charge in [0.25, 0.3) is 0 Å². The molecule has 1 aromatic rings. The first-order chi connectivity index (χ1) is 6.70. The fraction of sp³-hybridized carbons (Fsp3) is 0.429. The van der Waals surface area contributed by atoms with Crippen molar-refractivity contribution >= 4 is 6.08 Å². The summed E-state index contributed by atoms with van der Waals surface area (Å²) in [6.45, 7) is 6.77. The molecule has 0 unspecified atom stereocenters. The highest BCUT2D eigenvalue weighted by atomic mass is 14.2. The molecule has 14 heavy (non-hydrogen) atoms. The van der Waals surface area contributed by atoms with Crippen LogP contribution in [0.25, 0.3) is 6.08 Å². The second-order valence-electron chi connectivity index (χ2n) is 4.44. The molecule has 74 valence electrons. The predicted molar refractivity (Wildman–Crippen MR) is 62.3 cm³/mol. The quantitative estimate of drug-likeness (QED) is 0.658. The van der Waals surface area contributed by atoms with Crippen LogP contribution < -0.4 is 0 Å². The van der Waals surface area contributed by atoms with Crippen LogP contribution in [0, 0.1) is 5.92 Å². The average molecular weight is 186 g/mol. The Bertz CT molecular complexity index is 370. The van der Waals surface area contributed by atoms with Gasteiger partial charge < -0.3 is 0 Å². The van der Waals surface area contributed by atoms with Crippen molar-refractivity contribution in [2.75, 3.05) is 0 Å². The lowest BCUT2D eigenvalue weighted by Gasteiger charge is -2.05. The van der Waals surface area contributed by atoms with Crippen LogP contribution in [0.1, 0.15) is 37.5 Å². The molecule has 0 heteroatoms. The molecule has 0 bridgehead atoms. The lowest BCUT2D eigenvalue weighted by molar-refractivity contribution is 0.754. The van der Waals surface area contributed by atoms with Gasteiger partial charge >= 0.3 is 0 Å². The van der Waals surface area contributed by atoms with Gasteiger partial charge in [-0.1, -0.05) is 50.6 Å². The summed E-state index contributed by atoms with van der Waals surface area (Å²) in [5, 5.41) is 0. The van der Waals surface area contributed by atoms with Gasteiger partial charge in [0.05, 0.1) is 0 Å². The van der Waals surface area contributed by atoms with Crippen LogP contribution in [0.5, 0.6) is 0 Å². The molecule has 0 nitrogen and oxygen atoms in total. The number of hydrogen-bond donors (Lipinski definition) is 0. The maximum Gasteiger partial charge on any atom is -0.00552 e. The zero-order chi connectivity index (χ0) is 10.1. The number of benzene rings is 1. The first kappa shape index (κ1) is 9.51. The third-order valence-corrected chi connectivity index (χ3v) is 3.09.